The summed E-state index contributed by atoms with van der Waals surface area (Å²) in [6.45, 7) is -0.685. The van der Waals surface area contributed by atoms with Crippen LogP contribution in [0.3, 0.4) is 0 Å². The normalized spacial score (nSPS) is 17.4. The molecule has 0 aliphatic heterocycles. The lowest BCUT2D eigenvalue weighted by atomic mass is 10.1. The monoisotopic (exact) mass is 238 g/mol. The van der Waals surface area contributed by atoms with Crippen molar-refractivity contribution < 1.29 is 25.2 Å². The molecule has 0 bridgehead atoms. The molecule has 88 valence electrons. The first-order valence-electron chi connectivity index (χ1n) is 4.10. The molecule has 0 aromatic heterocycles. The van der Waals surface area contributed by atoms with Crippen LogP contribution in [0.15, 0.2) is 5.10 Å². The van der Waals surface area contributed by atoms with Crippen molar-refractivity contribution in [1.82, 2.24) is 5.43 Å². The minimum atomic E-state index is -1.56. The number of thiol groups is 1. The number of rotatable bonds is 6. The maximum absolute atomic E-state index is 10.6. The zero-order valence-electron chi connectivity index (χ0n) is 7.82. The lowest BCUT2D eigenvalue weighted by molar-refractivity contribution is -0.118. The molecule has 0 radical (unpaired) electrons. The summed E-state index contributed by atoms with van der Waals surface area (Å²) >= 11 is 3.66. The maximum Gasteiger partial charge on any atom is 0.249 e. The molecule has 0 unspecified atom stereocenters. The van der Waals surface area contributed by atoms with Crippen LogP contribution >= 0.6 is 12.6 Å². The fraction of sp³-hybridized carbons (Fsp3) is 0.714. The van der Waals surface area contributed by atoms with E-state index < -0.39 is 30.8 Å². The van der Waals surface area contributed by atoms with Gasteiger partial charge >= 0.3 is 0 Å². The number of aliphatic hydroxyl groups is 4. The molecule has 0 saturated carbocycles. The molecule has 5 N–H and O–H groups in total. The number of nitrogens with zero attached hydrogens (tertiary/aromatic N) is 1. The van der Waals surface area contributed by atoms with Gasteiger partial charge in [0.1, 0.15) is 18.3 Å². The summed E-state index contributed by atoms with van der Waals surface area (Å²) in [5, 5.41) is 39.0. The number of hydrogen-bond acceptors (Lipinski definition) is 7. The number of amides is 1. The van der Waals surface area contributed by atoms with E-state index in [1.54, 1.807) is 0 Å². The highest BCUT2D eigenvalue weighted by Crippen LogP contribution is 1.97. The molecule has 0 aliphatic rings. The zero-order valence-corrected chi connectivity index (χ0v) is 8.71. The Hall–Kier alpha value is -0.670. The van der Waals surface area contributed by atoms with Crippen molar-refractivity contribution in [3.63, 3.8) is 0 Å². The summed E-state index contributed by atoms with van der Waals surface area (Å²) in [7, 11) is 0. The molecule has 0 spiro atoms. The number of nitrogens with one attached hydrogen (secondary N) is 1. The van der Waals surface area contributed by atoms with Gasteiger partial charge in [-0.25, -0.2) is 5.43 Å². The Morgan fingerprint density at radius 1 is 1.47 bits per heavy atom. The van der Waals surface area contributed by atoms with E-state index in [-0.39, 0.29) is 5.75 Å². The van der Waals surface area contributed by atoms with Gasteiger partial charge in [-0.2, -0.15) is 17.7 Å². The predicted molar refractivity (Wildman–Crippen MR) is 55.6 cm³/mol. The Morgan fingerprint density at radius 2 is 2.07 bits per heavy atom. The average molecular weight is 238 g/mol. The first-order valence-corrected chi connectivity index (χ1v) is 4.74. The van der Waals surface area contributed by atoms with Crippen molar-refractivity contribution in [2.75, 3.05) is 12.4 Å². The molecule has 0 rings (SSSR count). The molecule has 0 aromatic rings. The predicted octanol–water partition coefficient (Wildman–Crippen LogP) is -2.91. The van der Waals surface area contributed by atoms with Crippen LogP contribution in [-0.2, 0) is 4.79 Å². The van der Waals surface area contributed by atoms with Crippen LogP contribution in [0.5, 0.6) is 0 Å². The fourth-order valence-corrected chi connectivity index (χ4v) is 0.715. The standard InChI is InChI=1S/C7H14N2O5S/c10-2-5(12)7(14)4(11)1-8-9-6(13)3-15/h1,4-5,7,10-12,14-15H,2-3H2,(H,9,13)/t4-,5-,7+/m0/s1. The molecular formula is C7H14N2O5S. The van der Waals surface area contributed by atoms with Crippen LogP contribution in [0.1, 0.15) is 0 Å². The van der Waals surface area contributed by atoms with Gasteiger partial charge in [0.15, 0.2) is 0 Å². The Labute approximate surface area is 91.8 Å². The molecule has 1 amide bonds. The van der Waals surface area contributed by atoms with Crippen molar-refractivity contribution in [1.29, 1.82) is 0 Å². The molecule has 0 aromatic carbocycles. The maximum atomic E-state index is 10.6. The minimum Gasteiger partial charge on any atom is -0.394 e. The van der Waals surface area contributed by atoms with Gasteiger partial charge in [0.2, 0.25) is 5.91 Å². The van der Waals surface area contributed by atoms with Gasteiger partial charge in [0.05, 0.1) is 18.6 Å². The summed E-state index contributed by atoms with van der Waals surface area (Å²) in [5.41, 5.74) is 2.01. The summed E-state index contributed by atoms with van der Waals surface area (Å²) in [5.74, 6) is -0.533. The van der Waals surface area contributed by atoms with E-state index in [1.807, 2.05) is 5.43 Å². The van der Waals surface area contributed by atoms with E-state index in [1.165, 1.54) is 0 Å². The summed E-state index contributed by atoms with van der Waals surface area (Å²) in [6, 6.07) is 0. The molecule has 7 nitrogen and oxygen atoms in total. The van der Waals surface area contributed by atoms with E-state index in [4.69, 9.17) is 20.4 Å². The first-order chi connectivity index (χ1) is 7.02. The highest BCUT2D eigenvalue weighted by Gasteiger charge is 2.22. The number of carbonyl (C=O) groups excluding carboxylic acids is 1. The molecule has 15 heavy (non-hydrogen) atoms. The summed E-state index contributed by atoms with van der Waals surface area (Å²) < 4.78 is 0. The Kier molecular flexibility index (Phi) is 7.26. The largest absolute Gasteiger partial charge is 0.394 e. The lowest BCUT2D eigenvalue weighted by Gasteiger charge is -2.17. The van der Waals surface area contributed by atoms with E-state index in [9.17, 15) is 4.79 Å². The van der Waals surface area contributed by atoms with Gasteiger partial charge in [-0.15, -0.1) is 0 Å². The Morgan fingerprint density at radius 3 is 2.53 bits per heavy atom. The molecule has 0 fully saturated rings. The van der Waals surface area contributed by atoms with Crippen LogP contribution < -0.4 is 5.43 Å². The van der Waals surface area contributed by atoms with Crippen molar-refractivity contribution in [3.05, 3.63) is 0 Å². The van der Waals surface area contributed by atoms with Crippen molar-refractivity contribution in [2.24, 2.45) is 5.10 Å². The lowest BCUT2D eigenvalue weighted by Crippen LogP contribution is -2.40. The van der Waals surface area contributed by atoms with Gasteiger partial charge in [0, 0.05) is 0 Å². The number of hydrazone groups is 1. The summed E-state index contributed by atoms with van der Waals surface area (Å²) in [4.78, 5) is 10.6. The molecule has 0 heterocycles. The van der Waals surface area contributed by atoms with Crippen LogP contribution in [0.2, 0.25) is 0 Å². The molecule has 0 saturated heterocycles. The molecule has 8 heteroatoms. The Bertz CT molecular complexity index is 225. The quantitative estimate of drug-likeness (QED) is 0.168. The third-order valence-electron chi connectivity index (χ3n) is 1.49. The topological polar surface area (TPSA) is 122 Å². The van der Waals surface area contributed by atoms with Crippen LogP contribution in [-0.4, -0.2) is 63.2 Å². The average Bonchev–Trinajstić information content (AvgIpc) is 2.26. The van der Waals surface area contributed by atoms with Gasteiger partial charge in [-0.05, 0) is 0 Å². The van der Waals surface area contributed by atoms with Crippen LogP contribution in [0.25, 0.3) is 0 Å². The van der Waals surface area contributed by atoms with Crippen molar-refractivity contribution in [3.8, 4) is 0 Å². The highest BCUT2D eigenvalue weighted by atomic mass is 32.1. The summed E-state index contributed by atoms with van der Waals surface area (Å²) in [6.07, 6.45) is -3.67. The van der Waals surface area contributed by atoms with Crippen LogP contribution in [0.4, 0.5) is 0 Å². The second-order valence-corrected chi connectivity index (χ2v) is 3.02. The molecule has 3 atom stereocenters. The SMILES string of the molecule is O=C(CS)NN=C[C@H](O)[C@@H](O)[C@@H](O)CO. The number of hydrogen-bond donors (Lipinski definition) is 6. The molecular weight excluding hydrogens is 224 g/mol. The van der Waals surface area contributed by atoms with Crippen molar-refractivity contribution >= 4 is 24.8 Å². The van der Waals surface area contributed by atoms with Crippen LogP contribution in [0, 0.1) is 0 Å². The minimum absolute atomic E-state index is 0.0603. The molecule has 0 aliphatic carbocycles. The Balaban J connectivity index is 4.00. The van der Waals surface area contributed by atoms with E-state index in [0.717, 1.165) is 6.21 Å². The number of carbonyl (C=O) groups is 1. The van der Waals surface area contributed by atoms with Gasteiger partial charge in [-0.1, -0.05) is 0 Å². The van der Waals surface area contributed by atoms with Gasteiger partial charge in [0.25, 0.3) is 0 Å². The zero-order chi connectivity index (χ0) is 11.8. The third kappa shape index (κ3) is 5.70. The number of aliphatic hydroxyl groups excluding tert-OH is 4. The third-order valence-corrected chi connectivity index (χ3v) is 1.78. The van der Waals surface area contributed by atoms with Gasteiger partial charge in [-0.3, -0.25) is 4.79 Å². The van der Waals surface area contributed by atoms with Crippen molar-refractivity contribution in [2.45, 2.75) is 18.3 Å². The smallest absolute Gasteiger partial charge is 0.249 e. The fourth-order valence-electron chi connectivity index (χ4n) is 0.645. The second-order valence-electron chi connectivity index (χ2n) is 2.70. The highest BCUT2D eigenvalue weighted by molar-refractivity contribution is 7.81. The van der Waals surface area contributed by atoms with E-state index in [2.05, 4.69) is 17.7 Å². The van der Waals surface area contributed by atoms with E-state index >= 15 is 0 Å². The second kappa shape index (κ2) is 7.60. The van der Waals surface area contributed by atoms with E-state index in [0.29, 0.717) is 0 Å². The van der Waals surface area contributed by atoms with Gasteiger partial charge < -0.3 is 20.4 Å². The first kappa shape index (κ1) is 14.3.